The Morgan fingerprint density at radius 3 is 0.878 bits per heavy atom. The van der Waals surface area contributed by atoms with Crippen LogP contribution in [0.1, 0.15) is 373 Å². The standard InChI is InChI=1S/C88H156NO8P/c1-6-8-10-12-14-16-18-20-22-24-26-28-30-32-34-36-38-40-42-43-44-45-47-48-50-52-54-56-58-60-62-64-66-68-70-72-74-76-78-80-87(90)94-84-86(85-96-98(92,93)95-83-82-89(3,4)5)97-88(91)81-79-77-75-73-71-69-67-65-63-61-59-57-55-53-51-49-46-41-39-37-35-33-31-29-27-25-23-21-19-17-15-13-11-9-7-2/h9,11,15,17,21,23-24,26-27,29,33,35,39,41,49,51,55,57,61,63,86H,6-8,10,12-14,16,18-20,22,25,28,30-32,34,36-38,40,42-48,50,52-54,56,58-60,62,64-85H2,1-5H3/b11-9-,17-15-,23-21-,26-24-,29-27-,35-33-,41-39-,51-49-,57-55-,63-61-. The molecule has 0 aliphatic rings. The third-order valence-electron chi connectivity index (χ3n) is 18.0. The number of unbranched alkanes of at least 4 members (excludes halogenated alkanes) is 42. The summed E-state index contributed by atoms with van der Waals surface area (Å²) >= 11 is 0. The summed E-state index contributed by atoms with van der Waals surface area (Å²) in [5.41, 5.74) is 0. The number of likely N-dealkylation sites (N-methyl/N-ethyl adjacent to an activating group) is 1. The van der Waals surface area contributed by atoms with E-state index in [0.29, 0.717) is 17.4 Å². The highest BCUT2D eigenvalue weighted by Crippen LogP contribution is 2.38. The summed E-state index contributed by atoms with van der Waals surface area (Å²) in [4.78, 5) is 38.2. The molecule has 0 rings (SSSR count). The van der Waals surface area contributed by atoms with E-state index in [9.17, 15) is 19.0 Å². The molecule has 98 heavy (non-hydrogen) atoms. The number of carbonyl (C=O) groups excluding carboxylic acids is 2. The summed E-state index contributed by atoms with van der Waals surface area (Å²) in [5, 5.41) is 0. The van der Waals surface area contributed by atoms with Gasteiger partial charge in [0.05, 0.1) is 27.7 Å². The van der Waals surface area contributed by atoms with Crippen molar-refractivity contribution in [3.05, 3.63) is 122 Å². The van der Waals surface area contributed by atoms with E-state index in [1.807, 2.05) is 21.1 Å². The Bertz CT molecular complexity index is 2070. The van der Waals surface area contributed by atoms with Gasteiger partial charge in [-0.25, -0.2) is 0 Å². The van der Waals surface area contributed by atoms with E-state index in [0.717, 1.165) is 103 Å². The minimum atomic E-state index is -4.66. The number of rotatable bonds is 76. The summed E-state index contributed by atoms with van der Waals surface area (Å²) in [6.07, 6.45) is 112. The van der Waals surface area contributed by atoms with Crippen LogP contribution in [0.4, 0.5) is 0 Å². The van der Waals surface area contributed by atoms with Gasteiger partial charge in [0.1, 0.15) is 19.8 Å². The van der Waals surface area contributed by atoms with Crippen molar-refractivity contribution in [1.29, 1.82) is 0 Å². The Labute approximate surface area is 607 Å². The van der Waals surface area contributed by atoms with Gasteiger partial charge in [-0.1, -0.05) is 373 Å². The Balaban J connectivity index is 3.98. The molecule has 0 fully saturated rings. The van der Waals surface area contributed by atoms with Crippen molar-refractivity contribution in [1.82, 2.24) is 0 Å². The van der Waals surface area contributed by atoms with Crippen LogP contribution in [0, 0.1) is 0 Å². The quantitative estimate of drug-likeness (QED) is 0.0195. The fourth-order valence-electron chi connectivity index (χ4n) is 11.7. The van der Waals surface area contributed by atoms with Gasteiger partial charge < -0.3 is 27.9 Å². The number of phosphoric ester groups is 1. The first-order valence-corrected chi connectivity index (χ1v) is 42.7. The summed E-state index contributed by atoms with van der Waals surface area (Å²) in [6, 6.07) is 0. The average molecular weight is 1390 g/mol. The number of esters is 2. The van der Waals surface area contributed by atoms with Gasteiger partial charge in [0, 0.05) is 12.8 Å². The van der Waals surface area contributed by atoms with Gasteiger partial charge in [0.15, 0.2) is 6.10 Å². The van der Waals surface area contributed by atoms with Gasteiger partial charge in [0.25, 0.3) is 7.82 Å². The van der Waals surface area contributed by atoms with Crippen LogP contribution in [0.5, 0.6) is 0 Å². The molecule has 0 aromatic rings. The lowest BCUT2D eigenvalue weighted by Crippen LogP contribution is -2.37. The Hall–Kier alpha value is -3.59. The lowest BCUT2D eigenvalue weighted by atomic mass is 10.0. The molecule has 0 saturated carbocycles. The predicted octanol–water partition coefficient (Wildman–Crippen LogP) is 27.1. The second kappa shape index (κ2) is 77.6. The highest BCUT2D eigenvalue weighted by molar-refractivity contribution is 7.45. The number of phosphoric acid groups is 1. The maximum atomic E-state index is 12.9. The van der Waals surface area contributed by atoms with Gasteiger partial charge in [-0.2, -0.15) is 0 Å². The van der Waals surface area contributed by atoms with E-state index in [2.05, 4.69) is 135 Å². The summed E-state index contributed by atoms with van der Waals surface area (Å²) in [7, 11) is 1.16. The fourth-order valence-corrected chi connectivity index (χ4v) is 12.4. The molecule has 0 saturated heterocycles. The molecule has 10 heteroatoms. The minimum Gasteiger partial charge on any atom is -0.756 e. The molecular formula is C88H156NO8P. The molecule has 0 aliphatic heterocycles. The smallest absolute Gasteiger partial charge is 0.306 e. The maximum absolute atomic E-state index is 12.9. The lowest BCUT2D eigenvalue weighted by Gasteiger charge is -2.28. The largest absolute Gasteiger partial charge is 0.756 e. The predicted molar refractivity (Wildman–Crippen MR) is 425 cm³/mol. The first kappa shape index (κ1) is 94.4. The van der Waals surface area contributed by atoms with Crippen molar-refractivity contribution in [2.75, 3.05) is 47.5 Å². The van der Waals surface area contributed by atoms with Gasteiger partial charge >= 0.3 is 11.9 Å². The van der Waals surface area contributed by atoms with E-state index >= 15 is 0 Å². The molecule has 0 bridgehead atoms. The minimum absolute atomic E-state index is 0.0372. The molecule has 9 nitrogen and oxygen atoms in total. The number of nitrogens with zero attached hydrogens (tertiary/aromatic N) is 1. The first-order chi connectivity index (χ1) is 48.0. The molecule has 0 aromatic carbocycles. The Kier molecular flexibility index (Phi) is 74.7. The van der Waals surface area contributed by atoms with Gasteiger partial charge in [-0.05, 0) is 109 Å². The second-order valence-electron chi connectivity index (χ2n) is 28.8. The van der Waals surface area contributed by atoms with Crippen LogP contribution in [-0.4, -0.2) is 70.0 Å². The molecule has 2 unspecified atom stereocenters. The third kappa shape index (κ3) is 81.4. The van der Waals surface area contributed by atoms with Gasteiger partial charge in [0.2, 0.25) is 0 Å². The lowest BCUT2D eigenvalue weighted by molar-refractivity contribution is -0.870. The summed E-state index contributed by atoms with van der Waals surface area (Å²) in [5.74, 6) is -0.838. The third-order valence-corrected chi connectivity index (χ3v) is 18.9. The zero-order valence-electron chi connectivity index (χ0n) is 64.7. The van der Waals surface area contributed by atoms with E-state index < -0.39 is 26.5 Å². The second-order valence-corrected chi connectivity index (χ2v) is 30.2. The molecule has 0 aromatic heterocycles. The van der Waals surface area contributed by atoms with Gasteiger partial charge in [-0.15, -0.1) is 0 Å². The van der Waals surface area contributed by atoms with Crippen LogP contribution in [-0.2, 0) is 32.7 Å². The van der Waals surface area contributed by atoms with Crippen molar-refractivity contribution in [3.8, 4) is 0 Å². The molecule has 0 N–H and O–H groups in total. The maximum Gasteiger partial charge on any atom is 0.306 e. The molecular weight excluding hydrogens is 1230 g/mol. The van der Waals surface area contributed by atoms with Crippen molar-refractivity contribution in [2.24, 2.45) is 0 Å². The van der Waals surface area contributed by atoms with Crippen molar-refractivity contribution in [2.45, 2.75) is 380 Å². The first-order valence-electron chi connectivity index (χ1n) is 41.2. The topological polar surface area (TPSA) is 111 Å². The van der Waals surface area contributed by atoms with Crippen LogP contribution < -0.4 is 4.89 Å². The van der Waals surface area contributed by atoms with Crippen molar-refractivity contribution >= 4 is 19.8 Å². The molecule has 0 amide bonds. The summed E-state index contributed by atoms with van der Waals surface area (Å²) in [6.45, 7) is 4.15. The molecule has 0 heterocycles. The Morgan fingerprint density at radius 1 is 0.327 bits per heavy atom. The van der Waals surface area contributed by atoms with E-state index in [-0.39, 0.29) is 32.0 Å². The SMILES string of the molecule is CC/C=C\C/C=C\C/C=C\C/C=C\C/C=C\C/C=C\C/C=C\C/C=C\C/C=C\CCCCCCCCCC(=O)OC(COC(=O)CCCCCCCCCCCCCCCCCCCCCCCCCCCCC/C=C\CCCCCCCCCC)COP(=O)([O-])OCC[N+](C)(C)C. The van der Waals surface area contributed by atoms with E-state index in [1.165, 1.54) is 238 Å². The summed E-state index contributed by atoms with van der Waals surface area (Å²) < 4.78 is 34.4. The average Bonchev–Trinajstić information content (AvgIpc) is 1.08. The van der Waals surface area contributed by atoms with Crippen LogP contribution >= 0.6 is 7.82 Å². The molecule has 0 radical (unpaired) electrons. The highest BCUT2D eigenvalue weighted by Gasteiger charge is 2.22. The number of hydrogen-bond donors (Lipinski definition) is 0. The number of allylic oxidation sites excluding steroid dienone is 20. The van der Waals surface area contributed by atoms with E-state index in [1.54, 1.807) is 0 Å². The van der Waals surface area contributed by atoms with Crippen LogP contribution in [0.2, 0.25) is 0 Å². The number of hydrogen-bond acceptors (Lipinski definition) is 8. The monoisotopic (exact) mass is 1390 g/mol. The van der Waals surface area contributed by atoms with Crippen LogP contribution in [0.25, 0.3) is 0 Å². The normalized spacial score (nSPS) is 13.7. The highest BCUT2D eigenvalue weighted by atomic mass is 31.2. The van der Waals surface area contributed by atoms with Gasteiger partial charge in [-0.3, -0.25) is 14.2 Å². The molecule has 0 aliphatic carbocycles. The fraction of sp³-hybridized carbons (Fsp3) is 0.750. The zero-order valence-corrected chi connectivity index (χ0v) is 65.6. The Morgan fingerprint density at radius 2 is 0.582 bits per heavy atom. The number of quaternary nitrogens is 1. The number of carbonyl (C=O) groups is 2. The molecule has 2 atom stereocenters. The molecule has 0 spiro atoms. The van der Waals surface area contributed by atoms with Crippen molar-refractivity contribution < 1.29 is 42.1 Å². The molecule has 566 valence electrons. The van der Waals surface area contributed by atoms with Crippen LogP contribution in [0.3, 0.4) is 0 Å². The zero-order chi connectivity index (χ0) is 71.1. The van der Waals surface area contributed by atoms with Crippen LogP contribution in [0.15, 0.2) is 122 Å². The van der Waals surface area contributed by atoms with Crippen molar-refractivity contribution in [3.63, 3.8) is 0 Å². The van der Waals surface area contributed by atoms with E-state index in [4.69, 9.17) is 18.5 Å². The number of ether oxygens (including phenoxy) is 2.